The van der Waals surface area contributed by atoms with Crippen molar-refractivity contribution in [3.63, 3.8) is 0 Å². The first kappa shape index (κ1) is 17.2. The van der Waals surface area contributed by atoms with Crippen LogP contribution in [0.2, 0.25) is 0 Å². The van der Waals surface area contributed by atoms with Gasteiger partial charge < -0.3 is 14.3 Å². The number of nitrogens with zero attached hydrogens (tertiary/aromatic N) is 1. The highest BCUT2D eigenvalue weighted by Gasteiger charge is 2.11. The average Bonchev–Trinajstić information content (AvgIpc) is 2.88. The van der Waals surface area contributed by atoms with Crippen LogP contribution in [-0.4, -0.2) is 29.3 Å². The molecule has 0 atom stereocenters. The number of ether oxygens (including phenoxy) is 1. The molecule has 0 aliphatic heterocycles. The second kappa shape index (κ2) is 8.48. The SMILES string of the molecule is Cc1ccc(-c2nc(CCOCCCCC(=O)O)c(C)o2)cc1. The fraction of sp³-hybridized carbons (Fsp3) is 0.444. The zero-order valence-corrected chi connectivity index (χ0v) is 13.7. The lowest BCUT2D eigenvalue weighted by molar-refractivity contribution is -0.137. The number of hydrogen-bond acceptors (Lipinski definition) is 4. The first-order chi connectivity index (χ1) is 11.1. The number of oxazole rings is 1. The van der Waals surface area contributed by atoms with Gasteiger partial charge in [-0.2, -0.15) is 0 Å². The van der Waals surface area contributed by atoms with Gasteiger partial charge in [0.05, 0.1) is 12.3 Å². The lowest BCUT2D eigenvalue weighted by Gasteiger charge is -2.02. The van der Waals surface area contributed by atoms with E-state index in [1.54, 1.807) is 0 Å². The summed E-state index contributed by atoms with van der Waals surface area (Å²) in [7, 11) is 0. The van der Waals surface area contributed by atoms with Gasteiger partial charge in [0.1, 0.15) is 5.76 Å². The minimum atomic E-state index is -0.758. The third-order valence-corrected chi connectivity index (χ3v) is 3.60. The van der Waals surface area contributed by atoms with Gasteiger partial charge in [0.25, 0.3) is 0 Å². The Morgan fingerprint density at radius 1 is 1.17 bits per heavy atom. The Balaban J connectivity index is 1.78. The third-order valence-electron chi connectivity index (χ3n) is 3.60. The number of benzene rings is 1. The smallest absolute Gasteiger partial charge is 0.303 e. The van der Waals surface area contributed by atoms with Crippen molar-refractivity contribution in [2.24, 2.45) is 0 Å². The Morgan fingerprint density at radius 3 is 2.61 bits per heavy atom. The highest BCUT2D eigenvalue weighted by Crippen LogP contribution is 2.22. The molecular weight excluding hydrogens is 294 g/mol. The fourth-order valence-corrected chi connectivity index (χ4v) is 2.23. The van der Waals surface area contributed by atoms with E-state index >= 15 is 0 Å². The molecule has 0 fully saturated rings. The van der Waals surface area contributed by atoms with Crippen LogP contribution in [0.5, 0.6) is 0 Å². The second-order valence-electron chi connectivity index (χ2n) is 5.60. The number of rotatable bonds is 9. The number of aromatic nitrogens is 1. The van der Waals surface area contributed by atoms with E-state index in [-0.39, 0.29) is 6.42 Å². The molecular formula is C18H23NO4. The molecule has 0 saturated heterocycles. The van der Waals surface area contributed by atoms with Crippen molar-refractivity contribution in [2.75, 3.05) is 13.2 Å². The Labute approximate surface area is 136 Å². The number of carboxylic acids is 1. The molecule has 0 bridgehead atoms. The van der Waals surface area contributed by atoms with E-state index in [0.717, 1.165) is 23.4 Å². The van der Waals surface area contributed by atoms with Gasteiger partial charge in [0, 0.05) is 25.0 Å². The van der Waals surface area contributed by atoms with Crippen LogP contribution in [0.4, 0.5) is 0 Å². The topological polar surface area (TPSA) is 72.6 Å². The summed E-state index contributed by atoms with van der Waals surface area (Å²) in [4.78, 5) is 14.9. The Hall–Kier alpha value is -2.14. The minimum absolute atomic E-state index is 0.200. The van der Waals surface area contributed by atoms with Gasteiger partial charge in [-0.05, 0) is 38.8 Å². The quantitative estimate of drug-likeness (QED) is 0.713. The summed E-state index contributed by atoms with van der Waals surface area (Å²) in [5.41, 5.74) is 3.08. The number of unbranched alkanes of at least 4 members (excludes halogenated alkanes) is 1. The molecule has 2 aromatic rings. The summed E-state index contributed by atoms with van der Waals surface area (Å²) in [5, 5.41) is 8.55. The van der Waals surface area contributed by atoms with Gasteiger partial charge in [-0.1, -0.05) is 17.7 Å². The van der Waals surface area contributed by atoms with E-state index in [1.165, 1.54) is 5.56 Å². The minimum Gasteiger partial charge on any atom is -0.481 e. The van der Waals surface area contributed by atoms with E-state index in [2.05, 4.69) is 4.98 Å². The van der Waals surface area contributed by atoms with Crippen LogP contribution >= 0.6 is 0 Å². The second-order valence-corrected chi connectivity index (χ2v) is 5.60. The molecule has 0 spiro atoms. The van der Waals surface area contributed by atoms with Crippen LogP contribution < -0.4 is 0 Å². The molecule has 1 N–H and O–H groups in total. The molecule has 2 rings (SSSR count). The average molecular weight is 317 g/mol. The molecule has 1 aromatic carbocycles. The molecule has 5 heteroatoms. The van der Waals surface area contributed by atoms with Gasteiger partial charge in [-0.15, -0.1) is 0 Å². The Bertz CT molecular complexity index is 631. The van der Waals surface area contributed by atoms with E-state index < -0.39 is 5.97 Å². The van der Waals surface area contributed by atoms with E-state index in [1.807, 2.05) is 38.1 Å². The largest absolute Gasteiger partial charge is 0.481 e. The van der Waals surface area contributed by atoms with Crippen LogP contribution in [0.3, 0.4) is 0 Å². The van der Waals surface area contributed by atoms with Crippen LogP contribution in [0.15, 0.2) is 28.7 Å². The molecule has 23 heavy (non-hydrogen) atoms. The number of aryl methyl sites for hydroxylation is 2. The molecule has 0 amide bonds. The maximum Gasteiger partial charge on any atom is 0.303 e. The van der Waals surface area contributed by atoms with Gasteiger partial charge in [-0.3, -0.25) is 4.79 Å². The summed E-state index contributed by atoms with van der Waals surface area (Å²) in [6.45, 7) is 5.10. The number of hydrogen-bond donors (Lipinski definition) is 1. The number of aliphatic carboxylic acids is 1. The molecule has 0 unspecified atom stereocenters. The first-order valence-corrected chi connectivity index (χ1v) is 7.89. The van der Waals surface area contributed by atoms with Crippen LogP contribution in [-0.2, 0) is 16.0 Å². The van der Waals surface area contributed by atoms with Gasteiger partial charge in [-0.25, -0.2) is 4.98 Å². The standard InChI is InChI=1S/C18H23NO4/c1-13-6-8-15(9-7-13)18-19-16(14(2)23-18)10-12-22-11-4-3-5-17(20)21/h6-9H,3-5,10-12H2,1-2H3,(H,20,21). The molecule has 0 aliphatic carbocycles. The van der Waals surface area contributed by atoms with Crippen molar-refractivity contribution in [1.29, 1.82) is 0 Å². The molecule has 1 aromatic heterocycles. The maximum atomic E-state index is 10.4. The van der Waals surface area contributed by atoms with Crippen molar-refractivity contribution in [3.05, 3.63) is 41.3 Å². The lowest BCUT2D eigenvalue weighted by atomic mass is 10.1. The molecule has 1 heterocycles. The van der Waals surface area contributed by atoms with Crippen molar-refractivity contribution >= 4 is 5.97 Å². The molecule has 0 saturated carbocycles. The summed E-state index contributed by atoms with van der Waals surface area (Å²) < 4.78 is 11.3. The Kier molecular flexibility index (Phi) is 6.35. The van der Waals surface area contributed by atoms with Crippen molar-refractivity contribution in [2.45, 2.75) is 39.5 Å². The summed E-state index contributed by atoms with van der Waals surface area (Å²) in [5.74, 6) is 0.695. The van der Waals surface area contributed by atoms with Crippen LogP contribution in [0.25, 0.3) is 11.5 Å². The normalized spacial score (nSPS) is 10.9. The van der Waals surface area contributed by atoms with Gasteiger partial charge in [0.15, 0.2) is 0 Å². The van der Waals surface area contributed by atoms with E-state index in [0.29, 0.717) is 31.9 Å². The number of carboxylic acid groups (broad SMARTS) is 1. The first-order valence-electron chi connectivity index (χ1n) is 7.89. The molecule has 0 aliphatic rings. The predicted molar refractivity (Wildman–Crippen MR) is 87.4 cm³/mol. The highest BCUT2D eigenvalue weighted by molar-refractivity contribution is 5.66. The van der Waals surface area contributed by atoms with Gasteiger partial charge >= 0.3 is 5.97 Å². The van der Waals surface area contributed by atoms with Crippen LogP contribution in [0, 0.1) is 13.8 Å². The summed E-state index contributed by atoms with van der Waals surface area (Å²) in [6.07, 6.45) is 2.31. The van der Waals surface area contributed by atoms with E-state index in [9.17, 15) is 4.79 Å². The predicted octanol–water partition coefficient (Wildman–Crippen LogP) is 3.77. The Morgan fingerprint density at radius 2 is 1.91 bits per heavy atom. The summed E-state index contributed by atoms with van der Waals surface area (Å²) in [6, 6.07) is 8.08. The van der Waals surface area contributed by atoms with Crippen molar-refractivity contribution < 1.29 is 19.1 Å². The monoisotopic (exact) mass is 317 g/mol. The van der Waals surface area contributed by atoms with Gasteiger partial charge in [0.2, 0.25) is 5.89 Å². The molecule has 0 radical (unpaired) electrons. The lowest BCUT2D eigenvalue weighted by Crippen LogP contribution is -2.02. The summed E-state index contributed by atoms with van der Waals surface area (Å²) >= 11 is 0. The molecule has 124 valence electrons. The highest BCUT2D eigenvalue weighted by atomic mass is 16.5. The zero-order valence-electron chi connectivity index (χ0n) is 13.7. The fourth-order valence-electron chi connectivity index (χ4n) is 2.23. The maximum absolute atomic E-state index is 10.4. The van der Waals surface area contributed by atoms with Crippen molar-refractivity contribution in [1.82, 2.24) is 4.98 Å². The van der Waals surface area contributed by atoms with Crippen molar-refractivity contribution in [3.8, 4) is 11.5 Å². The zero-order chi connectivity index (χ0) is 16.7. The van der Waals surface area contributed by atoms with E-state index in [4.69, 9.17) is 14.3 Å². The number of carbonyl (C=O) groups is 1. The van der Waals surface area contributed by atoms with Crippen LogP contribution in [0.1, 0.15) is 36.3 Å². The molecule has 5 nitrogen and oxygen atoms in total. The third kappa shape index (κ3) is 5.53.